The van der Waals surface area contributed by atoms with E-state index in [2.05, 4.69) is 20.8 Å². The lowest BCUT2D eigenvalue weighted by Crippen LogP contribution is -2.26. The predicted octanol–water partition coefficient (Wildman–Crippen LogP) is 6.04. The van der Waals surface area contributed by atoms with Crippen molar-refractivity contribution >= 4 is 12.4 Å². The van der Waals surface area contributed by atoms with E-state index in [9.17, 15) is 23.5 Å². The molecule has 2 aromatic carbocycles. The lowest BCUT2D eigenvalue weighted by molar-refractivity contribution is -0.143. The third kappa shape index (κ3) is 7.85. The molecule has 0 radical (unpaired) electrons. The molecule has 7 heteroatoms. The van der Waals surface area contributed by atoms with Crippen LogP contribution in [0.3, 0.4) is 0 Å². The van der Waals surface area contributed by atoms with Gasteiger partial charge in [-0.05, 0) is 55.1 Å². The van der Waals surface area contributed by atoms with Crippen molar-refractivity contribution in [1.82, 2.24) is 9.80 Å². The average Bonchev–Trinajstić information content (AvgIpc) is 3.23. The van der Waals surface area contributed by atoms with Crippen LogP contribution in [0.25, 0.3) is 0 Å². The number of benzene rings is 2. The standard InChI is InChI=1S/C20H21F2NO2.C9H19NO/c1-3-12-4-6-13(7-5-12)19-18(20(24)25)15(11-23(19)2)14-8-9-16(21)17(22)10-14;1-3-5-7-10(9-11)8-6-4-2/h4-10,15,18-19H,3,11H2,1-2H3,(H,24,25);9H,3-8H2,1-2H3. The van der Waals surface area contributed by atoms with Gasteiger partial charge in [0.25, 0.3) is 0 Å². The van der Waals surface area contributed by atoms with Crippen LogP contribution >= 0.6 is 0 Å². The molecule has 1 N–H and O–H groups in total. The average molecular weight is 503 g/mol. The van der Waals surface area contributed by atoms with Gasteiger partial charge in [0, 0.05) is 31.6 Å². The minimum absolute atomic E-state index is 0.304. The van der Waals surface area contributed by atoms with Crippen molar-refractivity contribution in [1.29, 1.82) is 0 Å². The summed E-state index contributed by atoms with van der Waals surface area (Å²) in [6, 6.07) is 11.3. The Balaban J connectivity index is 0.000000352. The second-order valence-corrected chi connectivity index (χ2v) is 9.47. The van der Waals surface area contributed by atoms with E-state index >= 15 is 0 Å². The fourth-order valence-electron chi connectivity index (χ4n) is 4.75. The Morgan fingerprint density at radius 3 is 2.06 bits per heavy atom. The third-order valence-corrected chi connectivity index (χ3v) is 6.87. The lowest BCUT2D eigenvalue weighted by atomic mass is 9.82. The number of amides is 1. The van der Waals surface area contributed by atoms with E-state index in [1.807, 2.05) is 41.1 Å². The van der Waals surface area contributed by atoms with E-state index in [0.717, 1.165) is 69.3 Å². The molecule has 0 spiro atoms. The van der Waals surface area contributed by atoms with Crippen molar-refractivity contribution in [2.45, 2.75) is 64.8 Å². The Bertz CT molecular complexity index is 959. The zero-order valence-corrected chi connectivity index (χ0v) is 21.9. The first kappa shape index (κ1) is 29.4. The molecule has 1 aliphatic heterocycles. The number of carbonyl (C=O) groups is 2. The number of halogens is 2. The van der Waals surface area contributed by atoms with Crippen molar-refractivity contribution in [2.75, 3.05) is 26.7 Å². The van der Waals surface area contributed by atoms with E-state index in [-0.39, 0.29) is 6.04 Å². The first-order valence-corrected chi connectivity index (χ1v) is 12.9. The molecule has 5 nitrogen and oxygen atoms in total. The van der Waals surface area contributed by atoms with E-state index < -0.39 is 29.4 Å². The van der Waals surface area contributed by atoms with Gasteiger partial charge in [-0.1, -0.05) is 63.9 Å². The van der Waals surface area contributed by atoms with Gasteiger partial charge in [-0.15, -0.1) is 0 Å². The summed E-state index contributed by atoms with van der Waals surface area (Å²) in [6.45, 7) is 8.68. The first-order valence-electron chi connectivity index (χ1n) is 12.9. The van der Waals surface area contributed by atoms with E-state index in [0.29, 0.717) is 12.1 Å². The van der Waals surface area contributed by atoms with Crippen LogP contribution in [0, 0.1) is 17.6 Å². The molecule has 1 amide bonds. The monoisotopic (exact) mass is 502 g/mol. The highest BCUT2D eigenvalue weighted by Gasteiger charge is 2.46. The van der Waals surface area contributed by atoms with Gasteiger partial charge in [0.2, 0.25) is 6.41 Å². The van der Waals surface area contributed by atoms with Crippen LogP contribution in [0.15, 0.2) is 42.5 Å². The van der Waals surface area contributed by atoms with Gasteiger partial charge in [-0.2, -0.15) is 0 Å². The number of unbranched alkanes of at least 4 members (excludes halogenated alkanes) is 2. The van der Waals surface area contributed by atoms with Crippen LogP contribution in [0.4, 0.5) is 8.78 Å². The molecule has 0 bridgehead atoms. The number of aliphatic carboxylic acids is 1. The topological polar surface area (TPSA) is 60.9 Å². The van der Waals surface area contributed by atoms with Crippen molar-refractivity contribution in [2.24, 2.45) is 5.92 Å². The van der Waals surface area contributed by atoms with Gasteiger partial charge in [0.1, 0.15) is 0 Å². The van der Waals surface area contributed by atoms with Gasteiger partial charge in [0.05, 0.1) is 5.92 Å². The number of carbonyl (C=O) groups excluding carboxylic acids is 1. The van der Waals surface area contributed by atoms with Crippen LogP contribution in [0.5, 0.6) is 0 Å². The highest BCUT2D eigenvalue weighted by atomic mass is 19.2. The maximum absolute atomic E-state index is 13.6. The molecular weight excluding hydrogens is 462 g/mol. The number of nitrogens with zero attached hydrogens (tertiary/aromatic N) is 2. The second kappa shape index (κ2) is 14.7. The summed E-state index contributed by atoms with van der Waals surface area (Å²) >= 11 is 0. The number of hydrogen-bond donors (Lipinski definition) is 1. The zero-order chi connectivity index (χ0) is 26.7. The van der Waals surface area contributed by atoms with Crippen molar-refractivity contribution in [3.8, 4) is 0 Å². The van der Waals surface area contributed by atoms with Crippen molar-refractivity contribution in [3.63, 3.8) is 0 Å². The number of carboxylic acids is 1. The molecule has 1 saturated heterocycles. The van der Waals surface area contributed by atoms with Gasteiger partial charge < -0.3 is 10.0 Å². The van der Waals surface area contributed by atoms with E-state index in [1.54, 1.807) is 0 Å². The molecule has 0 aromatic heterocycles. The van der Waals surface area contributed by atoms with Gasteiger partial charge >= 0.3 is 5.97 Å². The number of aryl methyl sites for hydroxylation is 1. The van der Waals surface area contributed by atoms with Gasteiger partial charge in [-0.3, -0.25) is 14.5 Å². The summed E-state index contributed by atoms with van der Waals surface area (Å²) in [5.41, 5.74) is 2.64. The molecule has 1 heterocycles. The summed E-state index contributed by atoms with van der Waals surface area (Å²) in [5.74, 6) is -3.91. The smallest absolute Gasteiger partial charge is 0.309 e. The normalized spacial score (nSPS) is 19.4. The van der Waals surface area contributed by atoms with Crippen LogP contribution in [0.1, 0.15) is 75.1 Å². The molecule has 3 unspecified atom stereocenters. The highest BCUT2D eigenvalue weighted by Crippen LogP contribution is 2.45. The number of likely N-dealkylation sites (tertiary alicyclic amines) is 1. The van der Waals surface area contributed by atoms with Crippen LogP contribution in [-0.4, -0.2) is 54.0 Å². The fourth-order valence-corrected chi connectivity index (χ4v) is 4.75. The van der Waals surface area contributed by atoms with E-state index in [4.69, 9.17) is 0 Å². The quantitative estimate of drug-likeness (QED) is 0.381. The Kier molecular flexibility index (Phi) is 12.0. The first-order chi connectivity index (χ1) is 17.3. The zero-order valence-electron chi connectivity index (χ0n) is 21.9. The SMILES string of the molecule is CCCCN(C=O)CCCC.CCc1ccc(C2C(C(=O)O)C(c3ccc(F)c(F)c3)CN2C)cc1. The Hall–Kier alpha value is -2.80. The highest BCUT2D eigenvalue weighted by molar-refractivity contribution is 5.73. The molecule has 36 heavy (non-hydrogen) atoms. The van der Waals surface area contributed by atoms with Crippen LogP contribution < -0.4 is 0 Å². The van der Waals surface area contributed by atoms with E-state index in [1.165, 1.54) is 11.6 Å². The van der Waals surface area contributed by atoms with Crippen molar-refractivity contribution in [3.05, 3.63) is 70.8 Å². The number of hydrogen-bond acceptors (Lipinski definition) is 3. The second-order valence-electron chi connectivity index (χ2n) is 9.47. The lowest BCUT2D eigenvalue weighted by Gasteiger charge is -2.24. The maximum Gasteiger partial charge on any atom is 0.309 e. The number of carboxylic acid groups (broad SMARTS) is 1. The maximum atomic E-state index is 13.6. The molecule has 1 fully saturated rings. The Morgan fingerprint density at radius 1 is 1.00 bits per heavy atom. The Labute approximate surface area is 214 Å². The number of likely N-dealkylation sites (N-methyl/N-ethyl adjacent to an activating group) is 1. The third-order valence-electron chi connectivity index (χ3n) is 6.87. The largest absolute Gasteiger partial charge is 0.481 e. The summed E-state index contributed by atoms with van der Waals surface area (Å²) in [5, 5.41) is 9.82. The minimum Gasteiger partial charge on any atom is -0.481 e. The van der Waals surface area contributed by atoms with Crippen LogP contribution in [-0.2, 0) is 16.0 Å². The van der Waals surface area contributed by atoms with Crippen LogP contribution in [0.2, 0.25) is 0 Å². The molecule has 198 valence electrons. The molecule has 2 aromatic rings. The summed E-state index contributed by atoms with van der Waals surface area (Å²) in [6.07, 6.45) is 6.46. The molecule has 1 aliphatic rings. The fraction of sp³-hybridized carbons (Fsp3) is 0.517. The predicted molar refractivity (Wildman–Crippen MR) is 139 cm³/mol. The summed E-state index contributed by atoms with van der Waals surface area (Å²) < 4.78 is 26.9. The Morgan fingerprint density at radius 2 is 1.58 bits per heavy atom. The minimum atomic E-state index is -0.944. The van der Waals surface area contributed by atoms with Crippen molar-refractivity contribution < 1.29 is 23.5 Å². The molecular formula is C29H40F2N2O3. The molecule has 3 rings (SSSR count). The summed E-state index contributed by atoms with van der Waals surface area (Å²) in [7, 11) is 1.87. The number of rotatable bonds is 11. The molecule has 3 atom stereocenters. The molecule has 0 saturated carbocycles. The van der Waals surface area contributed by atoms with Gasteiger partial charge in [-0.25, -0.2) is 8.78 Å². The van der Waals surface area contributed by atoms with Gasteiger partial charge in [0.15, 0.2) is 11.6 Å². The molecule has 0 aliphatic carbocycles. The summed E-state index contributed by atoms with van der Waals surface area (Å²) in [4.78, 5) is 26.3.